The molecule has 2 heterocycles. The van der Waals surface area contributed by atoms with E-state index in [1.165, 1.54) is 6.26 Å². The highest BCUT2D eigenvalue weighted by Crippen LogP contribution is 2.05. The van der Waals surface area contributed by atoms with Crippen LogP contribution < -0.4 is 10.6 Å². The molecule has 8 heteroatoms. The van der Waals surface area contributed by atoms with E-state index in [0.717, 1.165) is 0 Å². The average molecular weight is 335 g/mol. The van der Waals surface area contributed by atoms with Gasteiger partial charge < -0.3 is 29.1 Å². The number of ether oxygens (including phenoxy) is 1. The fraction of sp³-hybridized carbons (Fsp3) is 0.375. The number of nitrogens with one attached hydrogen (secondary N) is 2. The quantitative estimate of drug-likeness (QED) is 0.721. The molecule has 0 fully saturated rings. The number of hydrogen-bond donors (Lipinski definition) is 2. The maximum atomic E-state index is 12.3. The molecular formula is C16H21N3O5. The van der Waals surface area contributed by atoms with Crippen molar-refractivity contribution in [1.29, 1.82) is 0 Å². The number of amides is 3. The van der Waals surface area contributed by atoms with E-state index >= 15 is 0 Å². The number of rotatable bonds is 9. The van der Waals surface area contributed by atoms with E-state index in [1.54, 1.807) is 42.5 Å². The lowest BCUT2D eigenvalue weighted by molar-refractivity contribution is -0.131. The number of urea groups is 1. The Morgan fingerprint density at radius 2 is 1.83 bits per heavy atom. The van der Waals surface area contributed by atoms with Crippen molar-refractivity contribution in [1.82, 2.24) is 15.5 Å². The molecule has 2 aromatic heterocycles. The Hall–Kier alpha value is -2.74. The molecular weight excluding hydrogens is 314 g/mol. The summed E-state index contributed by atoms with van der Waals surface area (Å²) in [5.41, 5.74) is 0. The molecule has 0 aromatic carbocycles. The van der Waals surface area contributed by atoms with Gasteiger partial charge in [0.1, 0.15) is 11.5 Å². The Balaban J connectivity index is 1.77. The Morgan fingerprint density at radius 3 is 2.46 bits per heavy atom. The second kappa shape index (κ2) is 9.41. The highest BCUT2D eigenvalue weighted by atomic mass is 16.5. The first kappa shape index (κ1) is 17.6. The lowest BCUT2D eigenvalue weighted by Gasteiger charge is -2.21. The van der Waals surface area contributed by atoms with E-state index < -0.39 is 6.03 Å². The Labute approximate surface area is 139 Å². The molecule has 130 valence electrons. The fourth-order valence-electron chi connectivity index (χ4n) is 1.99. The van der Waals surface area contributed by atoms with Crippen LogP contribution >= 0.6 is 0 Å². The Bertz CT molecular complexity index is 610. The third-order valence-corrected chi connectivity index (χ3v) is 3.25. The first-order valence-electron chi connectivity index (χ1n) is 7.52. The molecule has 8 nitrogen and oxygen atoms in total. The van der Waals surface area contributed by atoms with Gasteiger partial charge in [-0.1, -0.05) is 0 Å². The van der Waals surface area contributed by atoms with E-state index in [4.69, 9.17) is 13.6 Å². The molecule has 0 bridgehead atoms. The normalized spacial score (nSPS) is 10.4. The van der Waals surface area contributed by atoms with Crippen molar-refractivity contribution < 1.29 is 23.2 Å². The van der Waals surface area contributed by atoms with Crippen LogP contribution in [0, 0.1) is 0 Å². The average Bonchev–Trinajstić information content (AvgIpc) is 3.27. The zero-order chi connectivity index (χ0) is 17.2. The van der Waals surface area contributed by atoms with Gasteiger partial charge in [-0.05, 0) is 24.3 Å². The molecule has 2 rings (SSSR count). The Kier molecular flexibility index (Phi) is 6.91. The van der Waals surface area contributed by atoms with Crippen molar-refractivity contribution in [2.75, 3.05) is 26.8 Å². The predicted octanol–water partition coefficient (Wildman–Crippen LogP) is 1.35. The van der Waals surface area contributed by atoms with Gasteiger partial charge in [0.2, 0.25) is 5.91 Å². The highest BCUT2D eigenvalue weighted by molar-refractivity contribution is 5.83. The van der Waals surface area contributed by atoms with Crippen molar-refractivity contribution in [2.45, 2.75) is 13.1 Å². The minimum Gasteiger partial charge on any atom is -0.467 e. The monoisotopic (exact) mass is 335 g/mol. The highest BCUT2D eigenvalue weighted by Gasteiger charge is 2.16. The first-order valence-corrected chi connectivity index (χ1v) is 7.52. The van der Waals surface area contributed by atoms with Crippen LogP contribution in [0.5, 0.6) is 0 Å². The largest absolute Gasteiger partial charge is 0.467 e. The van der Waals surface area contributed by atoms with Crippen LogP contribution in [0.3, 0.4) is 0 Å². The summed E-state index contributed by atoms with van der Waals surface area (Å²) in [4.78, 5) is 25.6. The number of methoxy groups -OCH3 is 1. The van der Waals surface area contributed by atoms with Gasteiger partial charge in [-0.3, -0.25) is 4.79 Å². The standard InChI is InChI=1S/C16H21N3O5/c1-22-9-6-19(12-14-5-3-8-24-14)15(20)11-18-16(21)17-10-13-4-2-7-23-13/h2-5,7-8H,6,9-12H2,1H3,(H2,17,18,21). The summed E-state index contributed by atoms with van der Waals surface area (Å²) in [7, 11) is 1.57. The van der Waals surface area contributed by atoms with E-state index in [9.17, 15) is 9.59 Å². The SMILES string of the molecule is COCCN(Cc1ccco1)C(=O)CNC(=O)NCc1ccco1. The van der Waals surface area contributed by atoms with Gasteiger partial charge >= 0.3 is 6.03 Å². The van der Waals surface area contributed by atoms with E-state index in [2.05, 4.69) is 10.6 Å². The molecule has 0 saturated heterocycles. The van der Waals surface area contributed by atoms with E-state index in [0.29, 0.717) is 31.2 Å². The lowest BCUT2D eigenvalue weighted by Crippen LogP contribution is -2.44. The lowest BCUT2D eigenvalue weighted by atomic mass is 10.3. The molecule has 0 atom stereocenters. The zero-order valence-corrected chi connectivity index (χ0v) is 13.5. The molecule has 2 aromatic rings. The van der Waals surface area contributed by atoms with Gasteiger partial charge in [-0.15, -0.1) is 0 Å². The van der Waals surface area contributed by atoms with Gasteiger partial charge in [-0.25, -0.2) is 4.79 Å². The number of hydrogen-bond acceptors (Lipinski definition) is 5. The number of nitrogens with zero attached hydrogens (tertiary/aromatic N) is 1. The molecule has 0 unspecified atom stereocenters. The smallest absolute Gasteiger partial charge is 0.315 e. The third-order valence-electron chi connectivity index (χ3n) is 3.25. The second-order valence-corrected chi connectivity index (χ2v) is 5.00. The van der Waals surface area contributed by atoms with Gasteiger partial charge in [0, 0.05) is 13.7 Å². The summed E-state index contributed by atoms with van der Waals surface area (Å²) < 4.78 is 15.4. The molecule has 3 amide bonds. The minimum atomic E-state index is -0.440. The van der Waals surface area contributed by atoms with Crippen molar-refractivity contribution >= 4 is 11.9 Å². The number of furan rings is 2. The fourth-order valence-corrected chi connectivity index (χ4v) is 1.99. The molecule has 0 aliphatic carbocycles. The van der Waals surface area contributed by atoms with Crippen LogP contribution in [0.2, 0.25) is 0 Å². The van der Waals surface area contributed by atoms with Crippen molar-refractivity contribution in [3.8, 4) is 0 Å². The van der Waals surface area contributed by atoms with Gasteiger partial charge in [0.15, 0.2) is 0 Å². The zero-order valence-electron chi connectivity index (χ0n) is 13.5. The molecule has 24 heavy (non-hydrogen) atoms. The minimum absolute atomic E-state index is 0.117. The first-order chi connectivity index (χ1) is 11.7. The third kappa shape index (κ3) is 5.81. The maximum Gasteiger partial charge on any atom is 0.315 e. The molecule has 0 radical (unpaired) electrons. The molecule has 0 saturated carbocycles. The van der Waals surface area contributed by atoms with Crippen LogP contribution in [0.15, 0.2) is 45.6 Å². The molecule has 0 aliphatic rings. The van der Waals surface area contributed by atoms with Gasteiger partial charge in [0.25, 0.3) is 0 Å². The summed E-state index contributed by atoms with van der Waals surface area (Å²) in [6.45, 7) is 1.27. The summed E-state index contributed by atoms with van der Waals surface area (Å²) in [5, 5.41) is 5.14. The van der Waals surface area contributed by atoms with Crippen LogP contribution in [0.4, 0.5) is 4.79 Å². The molecule has 0 aliphatic heterocycles. The van der Waals surface area contributed by atoms with Crippen LogP contribution in [0.1, 0.15) is 11.5 Å². The second-order valence-electron chi connectivity index (χ2n) is 5.00. The maximum absolute atomic E-state index is 12.3. The topological polar surface area (TPSA) is 97.0 Å². The van der Waals surface area contributed by atoms with Gasteiger partial charge in [-0.2, -0.15) is 0 Å². The van der Waals surface area contributed by atoms with Crippen molar-refractivity contribution in [3.63, 3.8) is 0 Å². The predicted molar refractivity (Wildman–Crippen MR) is 84.9 cm³/mol. The molecule has 2 N–H and O–H groups in total. The van der Waals surface area contributed by atoms with Crippen LogP contribution in [-0.2, 0) is 22.6 Å². The van der Waals surface area contributed by atoms with E-state index in [-0.39, 0.29) is 19.0 Å². The van der Waals surface area contributed by atoms with Crippen molar-refractivity contribution in [3.05, 3.63) is 48.3 Å². The summed E-state index contributed by atoms with van der Waals surface area (Å²) in [6.07, 6.45) is 3.08. The van der Waals surface area contributed by atoms with Gasteiger partial charge in [0.05, 0.1) is 38.8 Å². The van der Waals surface area contributed by atoms with Crippen molar-refractivity contribution in [2.24, 2.45) is 0 Å². The Morgan fingerprint density at radius 1 is 1.12 bits per heavy atom. The van der Waals surface area contributed by atoms with Crippen LogP contribution in [-0.4, -0.2) is 43.6 Å². The summed E-state index contributed by atoms with van der Waals surface area (Å²) in [6, 6.07) is 6.59. The number of carbonyl (C=O) groups is 2. The van der Waals surface area contributed by atoms with Crippen LogP contribution in [0.25, 0.3) is 0 Å². The molecule has 0 spiro atoms. The number of carbonyl (C=O) groups excluding carboxylic acids is 2. The summed E-state index contributed by atoms with van der Waals surface area (Å²) >= 11 is 0. The van der Waals surface area contributed by atoms with E-state index in [1.807, 2.05) is 0 Å². The summed E-state index contributed by atoms with van der Waals surface area (Å²) in [5.74, 6) is 1.08.